The Morgan fingerprint density at radius 1 is 0.733 bits per heavy atom. The molecular weight excluding hydrogens is 184 g/mol. The van der Waals surface area contributed by atoms with Gasteiger partial charge in [-0.15, -0.1) is 0 Å². The molecule has 0 radical (unpaired) electrons. The summed E-state index contributed by atoms with van der Waals surface area (Å²) in [6.45, 7) is 2.03. The molecule has 0 saturated carbocycles. The maximum atomic E-state index is 4.20. The summed E-state index contributed by atoms with van der Waals surface area (Å²) in [4.78, 5) is 0. The third kappa shape index (κ3) is 2.50. The molecule has 2 nitrogen and oxygen atoms in total. The fourth-order valence-electron chi connectivity index (χ4n) is 1.28. The van der Waals surface area contributed by atoms with Gasteiger partial charge in [0.2, 0.25) is 0 Å². The first-order valence-corrected chi connectivity index (χ1v) is 4.89. The van der Waals surface area contributed by atoms with Crippen molar-refractivity contribution in [2.24, 2.45) is 10.2 Å². The second-order valence-electron chi connectivity index (χ2n) is 3.32. The molecule has 0 unspecified atom stereocenters. The Bertz CT molecular complexity index is 461. The maximum Gasteiger partial charge on any atom is 0.0886 e. The van der Waals surface area contributed by atoms with Crippen LogP contribution < -0.4 is 0 Å². The molecule has 0 atom stereocenters. The van der Waals surface area contributed by atoms with Gasteiger partial charge in [0.05, 0.1) is 11.4 Å². The molecule has 0 aromatic heterocycles. The predicted octanol–water partition coefficient (Wildman–Crippen LogP) is 4.41. The molecule has 0 aliphatic carbocycles. The second-order valence-corrected chi connectivity index (χ2v) is 3.32. The molecule has 0 bridgehead atoms. The van der Waals surface area contributed by atoms with Crippen LogP contribution >= 0.6 is 0 Å². The molecule has 74 valence electrons. The van der Waals surface area contributed by atoms with Crippen LogP contribution in [-0.2, 0) is 0 Å². The van der Waals surface area contributed by atoms with Gasteiger partial charge < -0.3 is 0 Å². The fraction of sp³-hybridized carbons (Fsp3) is 0.0769. The highest BCUT2D eigenvalue weighted by Crippen LogP contribution is 2.20. The number of nitrogens with zero attached hydrogens (tertiary/aromatic N) is 2. The van der Waals surface area contributed by atoms with Gasteiger partial charge >= 0.3 is 0 Å². The smallest absolute Gasteiger partial charge is 0.0886 e. The Hall–Kier alpha value is -1.96. The van der Waals surface area contributed by atoms with E-state index in [-0.39, 0.29) is 0 Å². The summed E-state index contributed by atoms with van der Waals surface area (Å²) in [5.74, 6) is 0. The molecule has 0 N–H and O–H groups in total. The zero-order valence-corrected chi connectivity index (χ0v) is 8.59. The first kappa shape index (κ1) is 9.59. The van der Waals surface area contributed by atoms with Gasteiger partial charge in [0.25, 0.3) is 0 Å². The zero-order valence-electron chi connectivity index (χ0n) is 8.59. The first-order chi connectivity index (χ1) is 7.36. The SMILES string of the molecule is Cc1ccccc1/N=N/c1ccccc1. The van der Waals surface area contributed by atoms with E-state index < -0.39 is 0 Å². The number of aryl methyl sites for hydroxylation is 1. The van der Waals surface area contributed by atoms with Crippen molar-refractivity contribution < 1.29 is 0 Å². The lowest BCUT2D eigenvalue weighted by Crippen LogP contribution is -1.70. The van der Waals surface area contributed by atoms with Crippen molar-refractivity contribution in [2.45, 2.75) is 6.92 Å². The molecule has 0 aliphatic rings. The molecule has 2 heteroatoms. The van der Waals surface area contributed by atoms with E-state index in [0.29, 0.717) is 0 Å². The van der Waals surface area contributed by atoms with Gasteiger partial charge in [0.15, 0.2) is 0 Å². The van der Waals surface area contributed by atoms with E-state index in [1.54, 1.807) is 0 Å². The van der Waals surface area contributed by atoms with E-state index in [1.807, 2.05) is 61.5 Å². The van der Waals surface area contributed by atoms with Crippen molar-refractivity contribution in [3.63, 3.8) is 0 Å². The summed E-state index contributed by atoms with van der Waals surface area (Å²) in [5.41, 5.74) is 2.93. The van der Waals surface area contributed by atoms with Crippen molar-refractivity contribution >= 4 is 11.4 Å². The van der Waals surface area contributed by atoms with Gasteiger partial charge in [-0.25, -0.2) is 0 Å². The monoisotopic (exact) mass is 196 g/mol. The first-order valence-electron chi connectivity index (χ1n) is 4.89. The lowest BCUT2D eigenvalue weighted by molar-refractivity contribution is 1.21. The van der Waals surface area contributed by atoms with E-state index in [4.69, 9.17) is 0 Å². The lowest BCUT2D eigenvalue weighted by Gasteiger charge is -1.96. The largest absolute Gasteiger partial charge is 0.151 e. The number of azo groups is 1. The molecule has 0 heterocycles. The average molecular weight is 196 g/mol. The standard InChI is InChI=1S/C13H12N2/c1-11-7-5-6-10-13(11)15-14-12-8-3-2-4-9-12/h2-10H,1H3/b15-14+. The maximum absolute atomic E-state index is 4.20. The Balaban J connectivity index is 2.23. The van der Waals surface area contributed by atoms with Crippen molar-refractivity contribution in [1.29, 1.82) is 0 Å². The van der Waals surface area contributed by atoms with Gasteiger partial charge in [-0.1, -0.05) is 36.4 Å². The van der Waals surface area contributed by atoms with E-state index in [9.17, 15) is 0 Å². The highest BCUT2D eigenvalue weighted by atomic mass is 15.1. The summed E-state index contributed by atoms with van der Waals surface area (Å²) < 4.78 is 0. The van der Waals surface area contributed by atoms with Crippen LogP contribution in [0.4, 0.5) is 11.4 Å². The molecule has 2 aromatic rings. The number of hydrogen-bond donors (Lipinski definition) is 0. The number of hydrogen-bond acceptors (Lipinski definition) is 2. The van der Waals surface area contributed by atoms with Gasteiger partial charge in [-0.05, 0) is 30.7 Å². The van der Waals surface area contributed by atoms with Crippen LogP contribution in [0.3, 0.4) is 0 Å². The second kappa shape index (κ2) is 4.51. The minimum Gasteiger partial charge on any atom is -0.151 e. The summed E-state index contributed by atoms with van der Waals surface area (Å²) in [7, 11) is 0. The molecule has 0 aliphatic heterocycles. The van der Waals surface area contributed by atoms with Gasteiger partial charge in [-0.3, -0.25) is 0 Å². The van der Waals surface area contributed by atoms with Crippen LogP contribution in [0.25, 0.3) is 0 Å². The third-order valence-electron chi connectivity index (χ3n) is 2.14. The van der Waals surface area contributed by atoms with Crippen molar-refractivity contribution in [2.75, 3.05) is 0 Å². The summed E-state index contributed by atoms with van der Waals surface area (Å²) in [6, 6.07) is 17.7. The zero-order chi connectivity index (χ0) is 10.5. The molecular formula is C13H12N2. The quantitative estimate of drug-likeness (QED) is 0.635. The molecule has 2 rings (SSSR count). The highest BCUT2D eigenvalue weighted by molar-refractivity contribution is 5.45. The van der Waals surface area contributed by atoms with E-state index >= 15 is 0 Å². The summed E-state index contributed by atoms with van der Waals surface area (Å²) >= 11 is 0. The van der Waals surface area contributed by atoms with Gasteiger partial charge in [0, 0.05) is 0 Å². The van der Waals surface area contributed by atoms with Crippen LogP contribution in [0.5, 0.6) is 0 Å². The van der Waals surface area contributed by atoms with Crippen LogP contribution in [0.2, 0.25) is 0 Å². The molecule has 0 fully saturated rings. The molecule has 0 spiro atoms. The minimum atomic E-state index is 0.876. The molecule has 0 saturated heterocycles. The Morgan fingerprint density at radius 3 is 2.13 bits per heavy atom. The van der Waals surface area contributed by atoms with Gasteiger partial charge in [0.1, 0.15) is 0 Å². The lowest BCUT2D eigenvalue weighted by atomic mass is 10.2. The number of rotatable bonds is 2. The molecule has 15 heavy (non-hydrogen) atoms. The minimum absolute atomic E-state index is 0.876. The van der Waals surface area contributed by atoms with Crippen LogP contribution in [0, 0.1) is 6.92 Å². The number of benzene rings is 2. The van der Waals surface area contributed by atoms with E-state index in [1.165, 1.54) is 0 Å². The fourth-order valence-corrected chi connectivity index (χ4v) is 1.28. The Labute approximate surface area is 89.3 Å². The highest BCUT2D eigenvalue weighted by Gasteiger charge is 1.93. The van der Waals surface area contributed by atoms with Crippen molar-refractivity contribution in [1.82, 2.24) is 0 Å². The van der Waals surface area contributed by atoms with Crippen LogP contribution in [0.15, 0.2) is 64.8 Å². The normalized spacial score (nSPS) is 10.7. The Kier molecular flexibility index (Phi) is 2.88. The molecule has 2 aromatic carbocycles. The van der Waals surface area contributed by atoms with Crippen LogP contribution in [0.1, 0.15) is 5.56 Å². The average Bonchev–Trinajstić information content (AvgIpc) is 2.29. The third-order valence-corrected chi connectivity index (χ3v) is 2.14. The van der Waals surface area contributed by atoms with Crippen LogP contribution in [-0.4, -0.2) is 0 Å². The van der Waals surface area contributed by atoms with Crippen molar-refractivity contribution in [3.05, 3.63) is 60.2 Å². The van der Waals surface area contributed by atoms with Gasteiger partial charge in [-0.2, -0.15) is 10.2 Å². The molecule has 0 amide bonds. The summed E-state index contributed by atoms with van der Waals surface area (Å²) in [6.07, 6.45) is 0. The van der Waals surface area contributed by atoms with E-state index in [0.717, 1.165) is 16.9 Å². The summed E-state index contributed by atoms with van der Waals surface area (Å²) in [5, 5.41) is 8.36. The van der Waals surface area contributed by atoms with Crippen molar-refractivity contribution in [3.8, 4) is 0 Å². The predicted molar refractivity (Wildman–Crippen MR) is 61.8 cm³/mol. The topological polar surface area (TPSA) is 24.7 Å². The van der Waals surface area contributed by atoms with E-state index in [2.05, 4.69) is 10.2 Å². The Morgan fingerprint density at radius 2 is 1.40 bits per heavy atom.